The summed E-state index contributed by atoms with van der Waals surface area (Å²) >= 11 is 0. The molecule has 3 rings (SSSR count). The Bertz CT molecular complexity index is 753. The fourth-order valence-electron chi connectivity index (χ4n) is 2.08. The van der Waals surface area contributed by atoms with Gasteiger partial charge in [0.25, 0.3) is 0 Å². The number of aromatic nitrogens is 4. The zero-order valence-electron chi connectivity index (χ0n) is 11.6. The van der Waals surface area contributed by atoms with Crippen molar-refractivity contribution >= 4 is 5.69 Å². The van der Waals surface area contributed by atoms with Crippen molar-refractivity contribution in [2.24, 2.45) is 0 Å². The molecule has 2 N–H and O–H groups in total. The van der Waals surface area contributed by atoms with Gasteiger partial charge in [-0.25, -0.2) is 14.6 Å². The minimum absolute atomic E-state index is 0.548. The molecule has 106 valence electrons. The monoisotopic (exact) mass is 281 g/mol. The first-order chi connectivity index (χ1) is 10.3. The number of hydrogen-bond donors (Lipinski definition) is 1. The second-order valence-corrected chi connectivity index (χ2v) is 4.56. The summed E-state index contributed by atoms with van der Waals surface area (Å²) in [6.45, 7) is 0.548. The smallest absolute Gasteiger partial charge is 0.218 e. The summed E-state index contributed by atoms with van der Waals surface area (Å²) in [6, 6.07) is 11.3. The predicted molar refractivity (Wildman–Crippen MR) is 79.8 cm³/mol. The van der Waals surface area contributed by atoms with Gasteiger partial charge in [-0.05, 0) is 18.2 Å². The average Bonchev–Trinajstić information content (AvgIpc) is 2.96. The van der Waals surface area contributed by atoms with Crippen molar-refractivity contribution in [3.8, 4) is 17.3 Å². The van der Waals surface area contributed by atoms with Crippen LogP contribution < -0.4 is 10.5 Å². The largest absolute Gasteiger partial charge is 0.481 e. The fraction of sp³-hybridized carbons (Fsp3) is 0.133. The Morgan fingerprint density at radius 1 is 1.19 bits per heavy atom. The second-order valence-electron chi connectivity index (χ2n) is 4.56. The molecule has 0 saturated heterocycles. The Balaban J connectivity index is 1.85. The van der Waals surface area contributed by atoms with E-state index in [4.69, 9.17) is 10.5 Å². The molecule has 6 heteroatoms. The van der Waals surface area contributed by atoms with Crippen LogP contribution in [0.1, 0.15) is 5.56 Å². The molecular weight excluding hydrogens is 266 g/mol. The molecule has 0 amide bonds. The molecule has 3 aromatic rings. The summed E-state index contributed by atoms with van der Waals surface area (Å²) in [5.74, 6) is 1.24. The van der Waals surface area contributed by atoms with Gasteiger partial charge in [-0.15, -0.1) is 0 Å². The minimum atomic E-state index is 0.548. The fourth-order valence-corrected chi connectivity index (χ4v) is 2.08. The number of hydrogen-bond acceptors (Lipinski definition) is 5. The predicted octanol–water partition coefficient (Wildman–Crippen LogP) is 1.98. The van der Waals surface area contributed by atoms with Crippen LogP contribution in [0.15, 0.2) is 48.9 Å². The van der Waals surface area contributed by atoms with Crippen LogP contribution in [-0.2, 0) is 6.54 Å². The van der Waals surface area contributed by atoms with Crippen LogP contribution in [0.5, 0.6) is 5.88 Å². The van der Waals surface area contributed by atoms with E-state index in [1.54, 1.807) is 24.3 Å². The third-order valence-corrected chi connectivity index (χ3v) is 3.06. The number of methoxy groups -OCH3 is 1. The Labute approximate surface area is 122 Å². The van der Waals surface area contributed by atoms with Crippen LogP contribution in [0, 0.1) is 0 Å². The number of benzene rings is 1. The van der Waals surface area contributed by atoms with Gasteiger partial charge in [-0.1, -0.05) is 18.2 Å². The topological polar surface area (TPSA) is 78.8 Å². The van der Waals surface area contributed by atoms with E-state index in [0.29, 0.717) is 23.9 Å². The molecule has 0 saturated carbocycles. The molecule has 21 heavy (non-hydrogen) atoms. The molecule has 0 aliphatic heterocycles. The van der Waals surface area contributed by atoms with Crippen molar-refractivity contribution in [3.05, 3.63) is 54.5 Å². The van der Waals surface area contributed by atoms with Gasteiger partial charge in [0.15, 0.2) is 5.82 Å². The lowest BCUT2D eigenvalue weighted by molar-refractivity contribution is 0.390. The molecule has 2 heterocycles. The maximum atomic E-state index is 5.78. The van der Waals surface area contributed by atoms with Crippen LogP contribution >= 0.6 is 0 Å². The van der Waals surface area contributed by atoms with Crippen molar-refractivity contribution in [1.82, 2.24) is 19.7 Å². The number of rotatable bonds is 4. The normalized spacial score (nSPS) is 10.5. The average molecular weight is 281 g/mol. The summed E-state index contributed by atoms with van der Waals surface area (Å²) < 4.78 is 6.98. The van der Waals surface area contributed by atoms with Crippen LogP contribution in [0.4, 0.5) is 5.69 Å². The Hall–Kier alpha value is -2.89. The molecule has 1 aromatic carbocycles. The number of ether oxygens (including phenoxy) is 1. The molecular formula is C15H15N5O. The quantitative estimate of drug-likeness (QED) is 0.740. The molecule has 0 atom stereocenters. The highest BCUT2D eigenvalue weighted by Crippen LogP contribution is 2.18. The summed E-state index contributed by atoms with van der Waals surface area (Å²) in [5.41, 5.74) is 8.31. The molecule has 0 radical (unpaired) electrons. The molecule has 6 nitrogen and oxygen atoms in total. The maximum Gasteiger partial charge on any atom is 0.218 e. The van der Waals surface area contributed by atoms with E-state index in [1.165, 1.54) is 0 Å². The van der Waals surface area contributed by atoms with Crippen LogP contribution in [0.2, 0.25) is 0 Å². The molecule has 0 bridgehead atoms. The highest BCUT2D eigenvalue weighted by molar-refractivity contribution is 5.60. The van der Waals surface area contributed by atoms with Gasteiger partial charge in [0.05, 0.1) is 13.7 Å². The van der Waals surface area contributed by atoms with E-state index in [1.807, 2.05) is 36.4 Å². The number of nitrogen functional groups attached to an aromatic ring is 1. The van der Waals surface area contributed by atoms with Crippen molar-refractivity contribution < 1.29 is 4.74 Å². The van der Waals surface area contributed by atoms with Crippen LogP contribution in [0.25, 0.3) is 11.4 Å². The number of pyridine rings is 1. The van der Waals surface area contributed by atoms with E-state index in [0.717, 1.165) is 11.1 Å². The molecule has 0 spiro atoms. The third kappa shape index (κ3) is 2.84. The number of anilines is 1. The standard InChI is InChI=1S/C15H15N5O/c1-21-15-12(5-3-7-17-15)9-20-10-18-14(19-20)11-4-2-6-13(16)8-11/h2-8,10H,9,16H2,1H3. The van der Waals surface area contributed by atoms with E-state index in [-0.39, 0.29) is 0 Å². The zero-order chi connectivity index (χ0) is 14.7. The van der Waals surface area contributed by atoms with Gasteiger partial charge in [-0.2, -0.15) is 5.10 Å². The Morgan fingerprint density at radius 3 is 2.90 bits per heavy atom. The van der Waals surface area contributed by atoms with Crippen LogP contribution in [-0.4, -0.2) is 26.9 Å². The second kappa shape index (κ2) is 5.62. The van der Waals surface area contributed by atoms with Gasteiger partial charge < -0.3 is 10.5 Å². The van der Waals surface area contributed by atoms with Gasteiger partial charge in [0.1, 0.15) is 6.33 Å². The van der Waals surface area contributed by atoms with E-state index in [2.05, 4.69) is 15.1 Å². The molecule has 2 aromatic heterocycles. The Morgan fingerprint density at radius 2 is 2.10 bits per heavy atom. The first-order valence-corrected chi connectivity index (χ1v) is 6.49. The minimum Gasteiger partial charge on any atom is -0.481 e. The van der Waals surface area contributed by atoms with E-state index in [9.17, 15) is 0 Å². The molecule has 0 aliphatic carbocycles. The zero-order valence-corrected chi connectivity index (χ0v) is 11.6. The first-order valence-electron chi connectivity index (χ1n) is 6.49. The lowest BCUT2D eigenvalue weighted by Crippen LogP contribution is -2.03. The van der Waals surface area contributed by atoms with Crippen molar-refractivity contribution in [2.45, 2.75) is 6.54 Å². The highest BCUT2D eigenvalue weighted by Gasteiger charge is 2.08. The number of nitrogens with two attached hydrogens (primary N) is 1. The van der Waals surface area contributed by atoms with Gasteiger partial charge >= 0.3 is 0 Å². The first kappa shape index (κ1) is 13.1. The van der Waals surface area contributed by atoms with Crippen LogP contribution in [0.3, 0.4) is 0 Å². The van der Waals surface area contributed by atoms with Crippen molar-refractivity contribution in [1.29, 1.82) is 0 Å². The maximum absolute atomic E-state index is 5.78. The highest BCUT2D eigenvalue weighted by atomic mass is 16.5. The van der Waals surface area contributed by atoms with E-state index < -0.39 is 0 Å². The SMILES string of the molecule is COc1ncccc1Cn1cnc(-c2cccc(N)c2)n1. The third-order valence-electron chi connectivity index (χ3n) is 3.06. The molecule has 0 aliphatic rings. The molecule has 0 fully saturated rings. The number of nitrogens with zero attached hydrogens (tertiary/aromatic N) is 4. The van der Waals surface area contributed by atoms with Crippen molar-refractivity contribution in [3.63, 3.8) is 0 Å². The summed E-state index contributed by atoms with van der Waals surface area (Å²) in [4.78, 5) is 8.48. The Kier molecular flexibility index (Phi) is 3.51. The van der Waals surface area contributed by atoms with Gasteiger partial charge in [0, 0.05) is 23.0 Å². The van der Waals surface area contributed by atoms with E-state index >= 15 is 0 Å². The van der Waals surface area contributed by atoms with Gasteiger partial charge in [-0.3, -0.25) is 0 Å². The summed E-state index contributed by atoms with van der Waals surface area (Å²) in [5, 5.41) is 4.46. The summed E-state index contributed by atoms with van der Waals surface area (Å²) in [7, 11) is 1.60. The van der Waals surface area contributed by atoms with Crippen molar-refractivity contribution in [2.75, 3.05) is 12.8 Å². The molecule has 0 unspecified atom stereocenters. The summed E-state index contributed by atoms with van der Waals surface area (Å²) in [6.07, 6.45) is 3.38. The lowest BCUT2D eigenvalue weighted by atomic mass is 10.2. The van der Waals surface area contributed by atoms with Gasteiger partial charge in [0.2, 0.25) is 5.88 Å². The lowest BCUT2D eigenvalue weighted by Gasteiger charge is -2.06.